The quantitative estimate of drug-likeness (QED) is 0.0144. The molecule has 3 aromatic carbocycles. The van der Waals surface area contributed by atoms with Crippen molar-refractivity contribution in [2.24, 2.45) is 5.73 Å². The Morgan fingerprint density at radius 1 is 0.579 bits per heavy atom. The maximum absolute atomic E-state index is 14.8. The minimum Gasteiger partial charge on any atom is -0.502 e. The molecule has 0 aromatic heterocycles. The van der Waals surface area contributed by atoms with Gasteiger partial charge in [0.05, 0.1) is 43.0 Å². The Morgan fingerprint density at radius 3 is 1.72 bits per heavy atom. The Kier molecular flexibility index (Phi) is 31.1. The fourth-order valence-electron chi connectivity index (χ4n) is 11.6. The number of para-hydroxylation sites is 1. The number of aliphatic hydroxyl groups is 7. The van der Waals surface area contributed by atoms with Gasteiger partial charge in [-0.15, -0.1) is 0 Å². The summed E-state index contributed by atoms with van der Waals surface area (Å²) in [7, 11) is 0. The number of likely N-dealkylation sites (tertiary alicyclic amines) is 1. The van der Waals surface area contributed by atoms with E-state index in [1.807, 2.05) is 16.0 Å². The number of nitrogens with two attached hydrogens (primary N) is 2. The van der Waals surface area contributed by atoms with E-state index >= 15 is 0 Å². The van der Waals surface area contributed by atoms with Crippen molar-refractivity contribution in [1.29, 1.82) is 0 Å². The minimum atomic E-state index is -2.46. The van der Waals surface area contributed by atoms with Gasteiger partial charge in [0.2, 0.25) is 53.2 Å². The molecule has 3 fully saturated rings. The van der Waals surface area contributed by atoms with E-state index in [0.29, 0.717) is 5.56 Å². The summed E-state index contributed by atoms with van der Waals surface area (Å²) in [4.78, 5) is 201. The number of carbonyl (C=O) groups is 14. The van der Waals surface area contributed by atoms with Gasteiger partial charge in [-0.1, -0.05) is 48.5 Å². The van der Waals surface area contributed by atoms with Crippen molar-refractivity contribution in [2.75, 3.05) is 25.5 Å². The first-order valence-corrected chi connectivity index (χ1v) is 32.8. The molecule has 0 bridgehead atoms. The topological polar surface area (TPSA) is 704 Å². The zero-order valence-electron chi connectivity index (χ0n) is 56.4. The van der Waals surface area contributed by atoms with Crippen molar-refractivity contribution >= 4 is 94.3 Å². The summed E-state index contributed by atoms with van der Waals surface area (Å²) in [6, 6.07) is 0.316. The van der Waals surface area contributed by atoms with Crippen molar-refractivity contribution in [1.82, 2.24) is 47.4 Å². The van der Waals surface area contributed by atoms with E-state index in [1.165, 1.54) is 18.2 Å². The maximum Gasteiger partial charge on any atom is 0.326 e. The molecule has 584 valence electrons. The fraction of sp³-hybridized carbons (Fsp3) is 0.500. The van der Waals surface area contributed by atoms with Crippen LogP contribution in [0.3, 0.4) is 0 Å². The third-order valence-electron chi connectivity index (χ3n) is 17.2. The molecule has 10 amide bonds. The lowest BCUT2D eigenvalue weighted by atomic mass is 9.96. The molecule has 107 heavy (non-hydrogen) atoms. The summed E-state index contributed by atoms with van der Waals surface area (Å²) in [5.41, 5.74) is 10.9. The molecule has 3 saturated heterocycles. The second kappa shape index (κ2) is 39.3. The Labute approximate surface area is 604 Å². The maximum atomic E-state index is 14.8. The number of hydrogen-bond acceptors (Lipinski definition) is 28. The molecule has 0 aliphatic carbocycles. The van der Waals surface area contributed by atoms with E-state index in [1.54, 1.807) is 36.4 Å². The number of carboxylic acid groups (broad SMARTS) is 4. The van der Waals surface area contributed by atoms with Gasteiger partial charge in [-0.2, -0.15) is 0 Å². The van der Waals surface area contributed by atoms with Crippen LogP contribution in [0, 0.1) is 10.1 Å². The number of carboxylic acids is 4. The summed E-state index contributed by atoms with van der Waals surface area (Å²) in [5.74, 6) is -21.1. The number of rotatable bonds is 38. The predicted octanol–water partition coefficient (Wildman–Crippen LogP) is -8.34. The fourth-order valence-corrected chi connectivity index (χ4v) is 11.6. The molecule has 24 N–H and O–H groups in total. The first-order valence-electron chi connectivity index (χ1n) is 32.8. The number of primary amides is 1. The Balaban J connectivity index is 1.32. The number of nitrogens with one attached hydrogen (secondary N) is 8. The van der Waals surface area contributed by atoms with Crippen LogP contribution in [0.4, 0.5) is 11.4 Å². The number of hydrogen-bond donors (Lipinski definition) is 22. The van der Waals surface area contributed by atoms with Gasteiger partial charge in [-0.25, -0.2) is 4.79 Å². The summed E-state index contributed by atoms with van der Waals surface area (Å²) in [6.45, 7) is -2.37. The molecule has 3 aliphatic heterocycles. The standard InChI is InChI=1S/C64H82N12O31/c65-30-10-5-4-9-29(30)54(93)69-33(19-27-7-2-1-3-8-27)56(95)68-32(13-16-43(66)80)62(100)75-18-6-11-38(75)60(99)72-35(22-44(81)74-61-51(91)50(90)53(42(26-78)105-61)107-64-52(92)49(89)48(88)41(25-77)106-64)58(97)71-36(23-46(84)85)59(98)67-31(14-17-45(82)83)55(94)70-34(57(96)73-37(63(101)102)24-47(86)87)20-28-12-15-40(79)39(21-28)76(103)104/h1-5,7-10,12,15,21,31-38,41-42,48-53,61,64,77-79,88-92H,6,11,13-14,16-20,22-26,65H2,(H2,66,80)(H,67,98)(H,68,95)(H,69,93)(H,70,94)(H,71,97)(H,72,99)(H,73,96)(H,74,81)(H,82,83)(H,84,85)(H,86,87)(H,101,102)/t31-,32-,33-,34-,35-,36-,37-,38-,41+,42+,48-,49-,50+,51+,52+,53+,61+,64-/m0/s1. The molecule has 6 rings (SSSR count). The third-order valence-corrected chi connectivity index (χ3v) is 17.2. The van der Waals surface area contributed by atoms with E-state index in [9.17, 15) is 139 Å². The van der Waals surface area contributed by atoms with E-state index in [0.717, 1.165) is 23.1 Å². The van der Waals surface area contributed by atoms with Crippen LogP contribution in [0.15, 0.2) is 72.8 Å². The van der Waals surface area contributed by atoms with Gasteiger partial charge in [0, 0.05) is 44.0 Å². The minimum absolute atomic E-state index is 0.00892. The van der Waals surface area contributed by atoms with Crippen LogP contribution in [0.2, 0.25) is 0 Å². The lowest BCUT2D eigenvalue weighted by Crippen LogP contribution is -2.67. The molecule has 3 aliphatic rings. The average Bonchev–Trinajstić information content (AvgIpc) is 0.858. The zero-order valence-corrected chi connectivity index (χ0v) is 56.4. The smallest absolute Gasteiger partial charge is 0.326 e. The molecule has 18 atom stereocenters. The molecule has 0 spiro atoms. The Morgan fingerprint density at radius 2 is 1.12 bits per heavy atom. The number of aliphatic carboxylic acids is 4. The predicted molar refractivity (Wildman–Crippen MR) is 354 cm³/mol. The Bertz CT molecular complexity index is 3760. The van der Waals surface area contributed by atoms with Gasteiger partial charge in [0.1, 0.15) is 97.2 Å². The second-order valence-corrected chi connectivity index (χ2v) is 24.9. The molecule has 43 heteroatoms. The van der Waals surface area contributed by atoms with E-state index < -0.39 is 274 Å². The number of phenolic OH excluding ortho intramolecular Hbond substituents is 1. The summed E-state index contributed by atoms with van der Waals surface area (Å²) >= 11 is 0. The third kappa shape index (κ3) is 23.9. The number of carbonyl (C=O) groups excluding carboxylic acids is 10. The first kappa shape index (κ1) is 84.8. The number of ether oxygens (including phenoxy) is 3. The molecule has 3 aromatic rings. The van der Waals surface area contributed by atoms with Gasteiger partial charge < -0.3 is 134 Å². The van der Waals surface area contributed by atoms with Gasteiger partial charge >= 0.3 is 29.6 Å². The monoisotopic (exact) mass is 1510 g/mol. The van der Waals surface area contributed by atoms with Gasteiger partial charge in [0.15, 0.2) is 18.3 Å². The van der Waals surface area contributed by atoms with Crippen molar-refractivity contribution < 1.29 is 148 Å². The molecular formula is C64H82N12O31. The van der Waals surface area contributed by atoms with Crippen LogP contribution in [0.25, 0.3) is 0 Å². The van der Waals surface area contributed by atoms with Crippen molar-refractivity contribution in [2.45, 2.75) is 180 Å². The number of aliphatic hydroxyl groups excluding tert-OH is 7. The highest BCUT2D eigenvalue weighted by atomic mass is 16.7. The van der Waals surface area contributed by atoms with E-state index in [2.05, 4.69) is 26.6 Å². The highest BCUT2D eigenvalue weighted by molar-refractivity contribution is 6.03. The summed E-state index contributed by atoms with van der Waals surface area (Å²) < 4.78 is 16.5. The molecule has 43 nitrogen and oxygen atoms in total. The lowest BCUT2D eigenvalue weighted by Gasteiger charge is -2.46. The highest BCUT2D eigenvalue weighted by Crippen LogP contribution is 2.31. The van der Waals surface area contributed by atoms with E-state index in [4.69, 9.17) is 25.7 Å². The van der Waals surface area contributed by atoms with Crippen LogP contribution in [-0.2, 0) is 89.4 Å². The number of nitro benzene ring substituents is 1. The molecule has 0 unspecified atom stereocenters. The number of phenols is 1. The summed E-state index contributed by atoms with van der Waals surface area (Å²) in [6.07, 6.45) is -28.5. The van der Waals surface area contributed by atoms with Crippen molar-refractivity contribution in [3.05, 3.63) is 99.6 Å². The normalized spacial score (nSPS) is 23.1. The van der Waals surface area contributed by atoms with Gasteiger partial charge in [-0.3, -0.25) is 72.4 Å². The Hall–Kier alpha value is -11.2. The molecule has 0 saturated carbocycles. The van der Waals surface area contributed by atoms with Crippen LogP contribution in [0.1, 0.15) is 79.3 Å². The van der Waals surface area contributed by atoms with Crippen molar-refractivity contribution in [3.8, 4) is 5.75 Å². The van der Waals surface area contributed by atoms with Crippen LogP contribution in [-0.4, -0.2) is 283 Å². The number of amides is 10. The van der Waals surface area contributed by atoms with Crippen LogP contribution < -0.4 is 54.0 Å². The number of nitrogen functional groups attached to an aromatic ring is 1. The zero-order chi connectivity index (χ0) is 79.3. The average molecular weight is 1520 g/mol. The van der Waals surface area contributed by atoms with Gasteiger partial charge in [-0.05, 0) is 55.0 Å². The largest absolute Gasteiger partial charge is 0.502 e. The number of aromatic hydroxyl groups is 1. The van der Waals surface area contributed by atoms with Gasteiger partial charge in [0.25, 0.3) is 5.91 Å². The number of nitro groups is 1. The molecule has 3 heterocycles. The SMILES string of the molecule is NC(=O)CC[C@H](NC(=O)[C@H](Cc1ccccc1)NC(=O)c1ccccc1N)C(=O)N1CCC[C@H]1C(=O)N[C@@H](CC(=O)N[C@@H]1O[C@H](CO)[C@@H](O[C@@H]2O[C@H](CO)[C@H](O)[C@H](O)[C@H]2O)[C@H](O)[C@H]1O)C(=O)N[C@@H](CC(=O)O)C(=O)N[C@@H](CCC(=O)O)C(=O)N[C@@H](Cc1ccc(O)c([N+](=O)[O-])c1)C(=O)N[C@@H](CC(=O)O)C(=O)O. The first-order chi connectivity index (χ1) is 50.5. The molecule has 0 radical (unpaired) electrons. The summed E-state index contributed by atoms with van der Waals surface area (Å²) in [5, 5.41) is 152. The van der Waals surface area contributed by atoms with Crippen molar-refractivity contribution in [3.63, 3.8) is 0 Å². The molecular weight excluding hydrogens is 1430 g/mol. The number of benzene rings is 3. The lowest BCUT2D eigenvalue weighted by molar-refractivity contribution is -0.385. The van der Waals surface area contributed by atoms with Crippen LogP contribution in [0.5, 0.6) is 5.75 Å². The highest BCUT2D eigenvalue weighted by Gasteiger charge is 2.51. The van der Waals surface area contributed by atoms with Crippen LogP contribution >= 0.6 is 0 Å². The van der Waals surface area contributed by atoms with E-state index in [-0.39, 0.29) is 42.6 Å². The second-order valence-electron chi connectivity index (χ2n) is 24.9. The number of anilines is 1. The number of nitrogens with zero attached hydrogens (tertiary/aromatic N) is 2.